The van der Waals surface area contributed by atoms with Gasteiger partial charge in [0.05, 0.1) is 6.54 Å². The molecule has 0 radical (unpaired) electrons. The van der Waals surface area contributed by atoms with Crippen LogP contribution in [0.2, 0.25) is 0 Å². The van der Waals surface area contributed by atoms with Gasteiger partial charge < -0.3 is 5.32 Å². The van der Waals surface area contributed by atoms with Gasteiger partial charge in [-0.05, 0) is 36.6 Å². The number of anilines is 1. The molecule has 0 unspecified atom stereocenters. The third-order valence-corrected chi connectivity index (χ3v) is 3.86. The number of imide groups is 1. The van der Waals surface area contributed by atoms with Crippen molar-refractivity contribution in [2.45, 2.75) is 20.4 Å². The van der Waals surface area contributed by atoms with Gasteiger partial charge in [0.1, 0.15) is 5.70 Å². The number of nitrogens with one attached hydrogen (secondary N) is 1. The monoisotopic (exact) mass is 306 g/mol. The Labute approximate surface area is 135 Å². The van der Waals surface area contributed by atoms with Crippen molar-refractivity contribution in [1.29, 1.82) is 0 Å². The van der Waals surface area contributed by atoms with Crippen LogP contribution in [0.1, 0.15) is 16.7 Å². The first kappa shape index (κ1) is 15.0. The van der Waals surface area contributed by atoms with Gasteiger partial charge in [0.15, 0.2) is 0 Å². The van der Waals surface area contributed by atoms with Crippen molar-refractivity contribution in [2.75, 3.05) is 5.32 Å². The molecule has 0 saturated heterocycles. The first-order chi connectivity index (χ1) is 11.0. The van der Waals surface area contributed by atoms with Gasteiger partial charge >= 0.3 is 0 Å². The predicted octanol–water partition coefficient (Wildman–Crippen LogP) is 3.17. The van der Waals surface area contributed by atoms with Crippen LogP contribution in [0.15, 0.2) is 60.3 Å². The zero-order valence-corrected chi connectivity index (χ0v) is 13.2. The van der Waals surface area contributed by atoms with E-state index in [1.54, 1.807) is 0 Å². The predicted molar refractivity (Wildman–Crippen MR) is 89.6 cm³/mol. The number of hydrogen-bond acceptors (Lipinski definition) is 3. The van der Waals surface area contributed by atoms with Crippen molar-refractivity contribution in [1.82, 2.24) is 4.90 Å². The number of hydrogen-bond donors (Lipinski definition) is 1. The van der Waals surface area contributed by atoms with E-state index in [9.17, 15) is 9.59 Å². The lowest BCUT2D eigenvalue weighted by molar-refractivity contribution is -0.137. The number of nitrogens with zero attached hydrogens (tertiary/aromatic N) is 1. The summed E-state index contributed by atoms with van der Waals surface area (Å²) >= 11 is 0. The van der Waals surface area contributed by atoms with Crippen LogP contribution in [0.4, 0.5) is 5.69 Å². The summed E-state index contributed by atoms with van der Waals surface area (Å²) in [6.07, 6.45) is 1.37. The van der Waals surface area contributed by atoms with Crippen molar-refractivity contribution < 1.29 is 9.59 Å². The molecule has 0 atom stereocenters. The van der Waals surface area contributed by atoms with Crippen molar-refractivity contribution in [2.24, 2.45) is 0 Å². The van der Waals surface area contributed by atoms with E-state index in [2.05, 4.69) is 5.32 Å². The number of benzene rings is 2. The van der Waals surface area contributed by atoms with E-state index >= 15 is 0 Å². The molecular weight excluding hydrogens is 288 g/mol. The average molecular weight is 306 g/mol. The Morgan fingerprint density at radius 2 is 1.74 bits per heavy atom. The van der Waals surface area contributed by atoms with Gasteiger partial charge in [-0.3, -0.25) is 14.5 Å². The minimum atomic E-state index is -0.292. The van der Waals surface area contributed by atoms with E-state index in [1.165, 1.54) is 11.0 Å². The number of amides is 2. The van der Waals surface area contributed by atoms with Crippen molar-refractivity contribution in [3.8, 4) is 0 Å². The largest absolute Gasteiger partial charge is 0.351 e. The summed E-state index contributed by atoms with van der Waals surface area (Å²) in [6.45, 7) is 4.24. The van der Waals surface area contributed by atoms with E-state index in [0.717, 1.165) is 22.4 Å². The highest BCUT2D eigenvalue weighted by Crippen LogP contribution is 2.22. The molecule has 2 aromatic rings. The Morgan fingerprint density at radius 1 is 1.00 bits per heavy atom. The second-order valence-corrected chi connectivity index (χ2v) is 5.72. The zero-order valence-electron chi connectivity index (χ0n) is 13.2. The Balaban J connectivity index is 1.78. The van der Waals surface area contributed by atoms with E-state index in [0.29, 0.717) is 5.70 Å². The van der Waals surface area contributed by atoms with E-state index in [1.807, 2.05) is 62.4 Å². The van der Waals surface area contributed by atoms with Gasteiger partial charge in [0, 0.05) is 11.8 Å². The molecule has 2 aromatic carbocycles. The van der Waals surface area contributed by atoms with Crippen molar-refractivity contribution >= 4 is 17.5 Å². The summed E-state index contributed by atoms with van der Waals surface area (Å²) < 4.78 is 0. The number of carbonyl (C=O) groups excluding carboxylic acids is 2. The van der Waals surface area contributed by atoms with Crippen molar-refractivity contribution in [3.63, 3.8) is 0 Å². The molecule has 0 fully saturated rings. The summed E-state index contributed by atoms with van der Waals surface area (Å²) in [5.41, 5.74) is 4.21. The van der Waals surface area contributed by atoms with Crippen LogP contribution in [-0.4, -0.2) is 16.7 Å². The highest BCUT2D eigenvalue weighted by molar-refractivity contribution is 6.17. The number of aryl methyl sites for hydroxylation is 2. The average Bonchev–Trinajstić information content (AvgIpc) is 2.80. The lowest BCUT2D eigenvalue weighted by Crippen LogP contribution is -2.31. The molecular formula is C19H18N2O2. The molecule has 0 bridgehead atoms. The normalized spacial score (nSPS) is 14.2. The lowest BCUT2D eigenvalue weighted by atomic mass is 10.1. The van der Waals surface area contributed by atoms with Gasteiger partial charge in [0.2, 0.25) is 0 Å². The second kappa shape index (κ2) is 6.08. The zero-order chi connectivity index (χ0) is 16.4. The minimum Gasteiger partial charge on any atom is -0.351 e. The summed E-state index contributed by atoms with van der Waals surface area (Å²) in [6, 6.07) is 15.5. The molecule has 0 spiro atoms. The van der Waals surface area contributed by atoms with Crippen LogP contribution in [0.5, 0.6) is 0 Å². The molecule has 1 N–H and O–H groups in total. The Hall–Kier alpha value is -2.88. The van der Waals surface area contributed by atoms with Crippen LogP contribution in [0, 0.1) is 13.8 Å². The summed E-state index contributed by atoms with van der Waals surface area (Å²) in [7, 11) is 0. The molecule has 4 heteroatoms. The topological polar surface area (TPSA) is 49.4 Å². The number of rotatable bonds is 4. The van der Waals surface area contributed by atoms with Crippen LogP contribution in [-0.2, 0) is 16.1 Å². The van der Waals surface area contributed by atoms with E-state index in [-0.39, 0.29) is 18.4 Å². The molecule has 116 valence electrons. The van der Waals surface area contributed by atoms with Gasteiger partial charge in [0.25, 0.3) is 11.8 Å². The first-order valence-electron chi connectivity index (χ1n) is 7.50. The van der Waals surface area contributed by atoms with Gasteiger partial charge in [-0.2, -0.15) is 0 Å². The van der Waals surface area contributed by atoms with Crippen LogP contribution < -0.4 is 5.32 Å². The molecule has 1 aliphatic rings. The molecule has 2 amide bonds. The third kappa shape index (κ3) is 3.16. The first-order valence-corrected chi connectivity index (χ1v) is 7.50. The fourth-order valence-corrected chi connectivity index (χ4v) is 2.53. The van der Waals surface area contributed by atoms with Crippen LogP contribution in [0.3, 0.4) is 0 Å². The third-order valence-electron chi connectivity index (χ3n) is 3.86. The smallest absolute Gasteiger partial charge is 0.277 e. The van der Waals surface area contributed by atoms with Crippen LogP contribution in [0.25, 0.3) is 0 Å². The second-order valence-electron chi connectivity index (χ2n) is 5.72. The Morgan fingerprint density at radius 3 is 2.48 bits per heavy atom. The van der Waals surface area contributed by atoms with Gasteiger partial charge in [-0.1, -0.05) is 42.5 Å². The molecule has 1 heterocycles. The minimum absolute atomic E-state index is 0.285. The highest BCUT2D eigenvalue weighted by Gasteiger charge is 2.31. The number of carbonyl (C=O) groups is 2. The molecule has 23 heavy (non-hydrogen) atoms. The van der Waals surface area contributed by atoms with E-state index in [4.69, 9.17) is 0 Å². The quantitative estimate of drug-likeness (QED) is 0.883. The van der Waals surface area contributed by atoms with Gasteiger partial charge in [-0.15, -0.1) is 0 Å². The molecule has 1 aliphatic heterocycles. The SMILES string of the molecule is Cc1ccc(C)c(NC2=CC(=O)N(Cc3ccccc3)C2=O)c1. The Bertz CT molecular complexity index is 794. The fraction of sp³-hybridized carbons (Fsp3) is 0.158. The molecule has 0 aromatic heterocycles. The molecule has 0 saturated carbocycles. The Kier molecular flexibility index (Phi) is 3.98. The molecule has 3 rings (SSSR count). The summed E-state index contributed by atoms with van der Waals surface area (Å²) in [4.78, 5) is 25.9. The highest BCUT2D eigenvalue weighted by atomic mass is 16.2. The maximum atomic E-state index is 12.5. The summed E-state index contributed by atoms with van der Waals surface area (Å²) in [5, 5.41) is 3.09. The van der Waals surface area contributed by atoms with Crippen molar-refractivity contribution in [3.05, 3.63) is 77.0 Å². The van der Waals surface area contributed by atoms with E-state index < -0.39 is 0 Å². The molecule has 4 nitrogen and oxygen atoms in total. The maximum absolute atomic E-state index is 12.5. The molecule has 0 aliphatic carbocycles. The van der Waals surface area contributed by atoms with Gasteiger partial charge in [-0.25, -0.2) is 0 Å². The standard InChI is InChI=1S/C19H18N2O2/c1-13-8-9-14(2)16(10-13)20-17-11-18(22)21(19(17)23)12-15-6-4-3-5-7-15/h3-11,20H,12H2,1-2H3. The summed E-state index contributed by atoms with van der Waals surface area (Å²) in [5.74, 6) is -0.577. The lowest BCUT2D eigenvalue weighted by Gasteiger charge is -2.16. The van der Waals surface area contributed by atoms with Crippen LogP contribution >= 0.6 is 0 Å². The maximum Gasteiger partial charge on any atom is 0.277 e. The fourth-order valence-electron chi connectivity index (χ4n) is 2.53.